The number of hydrogen-bond acceptors (Lipinski definition) is 20. The number of carbonyl (C=O) groups is 5. The van der Waals surface area contributed by atoms with Gasteiger partial charge in [-0.1, -0.05) is 145 Å². The second-order valence-electron chi connectivity index (χ2n) is 20.4. The van der Waals surface area contributed by atoms with E-state index in [0.717, 1.165) is 22.0 Å². The molecule has 9 aromatic rings. The van der Waals surface area contributed by atoms with E-state index < -0.39 is 10.7 Å². The van der Waals surface area contributed by atoms with Gasteiger partial charge in [0.25, 0.3) is 5.69 Å². The minimum Gasteiger partial charge on any atom is -0.504 e. The number of rotatable bonds is 20. The number of carbonyl (C=O) groups excluding carboxylic acids is 5. The van der Waals surface area contributed by atoms with Gasteiger partial charge >= 0.3 is 0 Å². The molecule has 1 heterocycles. The van der Waals surface area contributed by atoms with E-state index in [9.17, 15) is 39.2 Å². The normalized spacial score (nSPS) is 10.1. The van der Waals surface area contributed by atoms with Crippen LogP contribution in [0.25, 0.3) is 0 Å². The number of benzene rings is 9. The first kappa shape index (κ1) is 81.0. The lowest BCUT2D eigenvalue weighted by atomic mass is 10.1. The first-order valence-electron chi connectivity index (χ1n) is 29.9. The number of nitro benzene ring substituents is 1. The highest BCUT2D eigenvalue weighted by Gasteiger charge is 2.24. The molecule has 22 heteroatoms. The van der Waals surface area contributed by atoms with E-state index in [0.29, 0.717) is 87.1 Å². The highest BCUT2D eigenvalue weighted by Crippen LogP contribution is 2.40. The first-order valence-corrected chi connectivity index (χ1v) is 31.0. The molecule has 6 N–H and O–H groups in total. The van der Waals surface area contributed by atoms with Crippen molar-refractivity contribution >= 4 is 61.9 Å². The van der Waals surface area contributed by atoms with Gasteiger partial charge in [-0.05, 0) is 118 Å². The zero-order valence-electron chi connectivity index (χ0n) is 55.6. The SMILES string of the molecule is BrCc1ccccc1.C.CC(=O)c1c(N)ccc2c1OCO2.CCO.COc1cc(C(C)=O)c(N)cc1OCc1ccccc1.COc1cc(C(C)=O)c([N+](=O)[O-])cc1OCc1ccccc1.COc1cc(C(C)=O)ccc1O.COc1cc(C(C)=O)ccc1OCc1ccccc1. The van der Waals surface area contributed by atoms with Crippen LogP contribution >= 0.6 is 15.9 Å². The smallest absolute Gasteiger partial charge is 0.284 e. The highest BCUT2D eigenvalue weighted by molar-refractivity contribution is 9.08. The summed E-state index contributed by atoms with van der Waals surface area (Å²) >= 11 is 3.36. The van der Waals surface area contributed by atoms with Gasteiger partial charge in [-0.25, -0.2) is 0 Å². The van der Waals surface area contributed by atoms with Gasteiger partial charge in [0.15, 0.2) is 86.4 Å². The van der Waals surface area contributed by atoms with Crippen molar-refractivity contribution in [2.24, 2.45) is 0 Å². The van der Waals surface area contributed by atoms with Gasteiger partial charge in [0.05, 0.1) is 50.6 Å². The van der Waals surface area contributed by atoms with Crippen LogP contribution in [0.5, 0.6) is 57.5 Å². The topological polar surface area (TPSA) is 304 Å². The van der Waals surface area contributed by atoms with Crippen molar-refractivity contribution in [2.75, 3.05) is 53.3 Å². The van der Waals surface area contributed by atoms with Gasteiger partial charge < -0.3 is 64.3 Å². The number of nitrogens with zero attached hydrogens (tertiary/aromatic N) is 1. The molecular formula is C76H84BrN3O18. The number of fused-ring (bicyclic) bond motifs is 1. The summed E-state index contributed by atoms with van der Waals surface area (Å²) in [7, 11) is 5.96. The van der Waals surface area contributed by atoms with Crippen LogP contribution < -0.4 is 54.1 Å². The molecule has 0 spiro atoms. The summed E-state index contributed by atoms with van der Waals surface area (Å²) in [6.45, 7) is 10.4. The predicted molar refractivity (Wildman–Crippen MR) is 383 cm³/mol. The number of Topliss-reactive ketones (excluding diaryl/α,β-unsaturated/α-hetero) is 5. The lowest BCUT2D eigenvalue weighted by molar-refractivity contribution is -0.385. The summed E-state index contributed by atoms with van der Waals surface area (Å²) in [6.07, 6.45) is 0. The number of ether oxygens (including phenoxy) is 9. The van der Waals surface area contributed by atoms with Crippen LogP contribution in [-0.4, -0.2) is 85.9 Å². The summed E-state index contributed by atoms with van der Waals surface area (Å²) in [5, 5.41) is 28.8. The summed E-state index contributed by atoms with van der Waals surface area (Å²) in [4.78, 5) is 66.9. The van der Waals surface area contributed by atoms with Gasteiger partial charge in [-0.15, -0.1) is 0 Å². The Balaban J connectivity index is 0.000000310. The molecule has 518 valence electrons. The second kappa shape index (κ2) is 43.0. The number of aliphatic hydroxyl groups excluding tert-OH is 1. The third-order valence-electron chi connectivity index (χ3n) is 13.4. The number of anilines is 2. The summed E-state index contributed by atoms with van der Waals surface area (Å²) in [5.41, 5.74) is 18.4. The molecule has 0 fully saturated rings. The van der Waals surface area contributed by atoms with E-state index in [-0.39, 0.29) is 79.1 Å². The number of hydrogen-bond donors (Lipinski definition) is 4. The Kier molecular flexibility index (Phi) is 35.5. The van der Waals surface area contributed by atoms with Gasteiger partial charge in [0, 0.05) is 52.1 Å². The third-order valence-corrected chi connectivity index (χ3v) is 14.0. The fraction of sp³-hybridized carbons (Fsp3) is 0.224. The van der Waals surface area contributed by atoms with Crippen LogP contribution in [0.15, 0.2) is 194 Å². The van der Waals surface area contributed by atoms with Crippen LogP contribution in [0.3, 0.4) is 0 Å². The Morgan fingerprint density at radius 1 is 0.480 bits per heavy atom. The number of ketones is 5. The van der Waals surface area contributed by atoms with E-state index >= 15 is 0 Å². The predicted octanol–water partition coefficient (Wildman–Crippen LogP) is 15.9. The first-order chi connectivity index (χ1) is 46.5. The number of halogens is 1. The maximum absolute atomic E-state index is 11.5. The third kappa shape index (κ3) is 26.2. The monoisotopic (exact) mass is 1410 g/mol. The fourth-order valence-electron chi connectivity index (χ4n) is 8.43. The van der Waals surface area contributed by atoms with Gasteiger partial charge in [0.1, 0.15) is 19.8 Å². The standard InChI is InChI=1S/C16H15NO5.C16H17NO3.C16H16O3.C9H9NO3.C9H10O3.C7H7Br.C2H6O.CH4/c1-11(18)13-8-15(21-2)16(9-14(13)17(19)20)22-10-12-6-4-3-5-7-12;1-11(18)13-8-15(19-2)16(9-14(13)17)20-10-12-6-4-3-5-7-12;1-12(17)14-8-9-15(16(10-14)18-2)19-11-13-6-4-3-5-7-13;1-5(11)8-6(10)2-3-7-9(8)13-4-12-7;1-6(10)7-3-4-8(11)9(5-7)12-2;8-6-7-4-2-1-3-5-7;1-2-3;/h3-9H,10H2,1-2H3;3-9H,10,17H2,1-2H3;3-10H,11H2,1-2H3;2-3H,4,10H2,1H3;3-5,11H,1-2H3;1-5H,6H2;3H,2H2,1H3;1H4. The van der Waals surface area contributed by atoms with Crippen molar-refractivity contribution in [3.63, 3.8) is 0 Å². The van der Waals surface area contributed by atoms with E-state index in [1.807, 2.05) is 109 Å². The average molecular weight is 1410 g/mol. The Hall–Kier alpha value is -11.2. The molecule has 0 bridgehead atoms. The van der Waals surface area contributed by atoms with Crippen LogP contribution in [0.4, 0.5) is 17.1 Å². The van der Waals surface area contributed by atoms with Gasteiger partial charge in [0.2, 0.25) is 6.79 Å². The Labute approximate surface area is 580 Å². The quantitative estimate of drug-likeness (QED) is 0.0181. The number of aliphatic hydroxyl groups is 1. The number of aromatic hydroxyl groups is 1. The number of nitro groups is 1. The number of methoxy groups -OCH3 is 4. The molecule has 0 unspecified atom stereocenters. The molecular weight excluding hydrogens is 1320 g/mol. The molecule has 0 atom stereocenters. The molecule has 1 aliphatic heterocycles. The van der Waals surface area contributed by atoms with Gasteiger partial charge in [-0.2, -0.15) is 0 Å². The van der Waals surface area contributed by atoms with E-state index in [1.165, 1.54) is 85.8 Å². The van der Waals surface area contributed by atoms with Crippen LogP contribution in [0, 0.1) is 10.1 Å². The van der Waals surface area contributed by atoms with Crippen molar-refractivity contribution in [3.05, 3.63) is 254 Å². The molecule has 0 saturated carbocycles. The molecule has 21 nitrogen and oxygen atoms in total. The zero-order chi connectivity index (χ0) is 71.4. The van der Waals surface area contributed by atoms with Crippen LogP contribution in [0.2, 0.25) is 0 Å². The van der Waals surface area contributed by atoms with Crippen molar-refractivity contribution in [1.29, 1.82) is 0 Å². The Bertz CT molecular complexity index is 4010. The van der Waals surface area contributed by atoms with E-state index in [1.54, 1.807) is 62.6 Å². The highest BCUT2D eigenvalue weighted by atomic mass is 79.9. The van der Waals surface area contributed by atoms with Crippen LogP contribution in [-0.2, 0) is 25.2 Å². The minimum atomic E-state index is -0.606. The largest absolute Gasteiger partial charge is 0.504 e. The molecule has 1 aliphatic rings. The number of nitrogens with two attached hydrogens (primary N) is 2. The molecule has 0 radical (unpaired) electrons. The van der Waals surface area contributed by atoms with Crippen molar-refractivity contribution < 1.29 is 81.7 Å². The van der Waals surface area contributed by atoms with Gasteiger partial charge in [-0.3, -0.25) is 34.1 Å². The number of nitrogen functional groups attached to an aromatic ring is 2. The summed E-state index contributed by atoms with van der Waals surface area (Å²) in [6, 6.07) is 58.2. The summed E-state index contributed by atoms with van der Waals surface area (Å²) < 4.78 is 47.8. The van der Waals surface area contributed by atoms with Crippen LogP contribution in [0.1, 0.15) is 123 Å². The number of phenols is 1. The maximum atomic E-state index is 11.5. The maximum Gasteiger partial charge on any atom is 0.284 e. The summed E-state index contributed by atoms with van der Waals surface area (Å²) in [5.74, 6) is 3.50. The van der Waals surface area contributed by atoms with E-state index in [2.05, 4.69) is 28.1 Å². The molecule has 0 saturated heterocycles. The lowest BCUT2D eigenvalue weighted by Crippen LogP contribution is -2.04. The molecule has 0 aromatic heterocycles. The molecule has 98 heavy (non-hydrogen) atoms. The molecule has 0 aliphatic carbocycles. The minimum absolute atomic E-state index is 0. The Morgan fingerprint density at radius 3 is 1.28 bits per heavy atom. The zero-order valence-corrected chi connectivity index (χ0v) is 57.2. The second-order valence-corrected chi connectivity index (χ2v) is 21.0. The fourth-order valence-corrected chi connectivity index (χ4v) is 8.81. The Morgan fingerprint density at radius 2 is 0.878 bits per heavy atom. The number of phenolic OH excluding ortho intramolecular Hbond substituents is 1. The van der Waals surface area contributed by atoms with E-state index in [4.69, 9.17) is 59.2 Å². The lowest BCUT2D eigenvalue weighted by Gasteiger charge is -2.13. The van der Waals surface area contributed by atoms with Crippen molar-refractivity contribution in [3.8, 4) is 57.5 Å². The van der Waals surface area contributed by atoms with Crippen molar-refractivity contribution in [1.82, 2.24) is 0 Å². The van der Waals surface area contributed by atoms with Crippen molar-refractivity contribution in [2.45, 2.75) is 74.1 Å². The molecule has 10 rings (SSSR count). The molecule has 9 aromatic carbocycles. The average Bonchev–Trinajstić information content (AvgIpc) is 1.49. The number of alkyl halides is 1. The molecule has 0 amide bonds.